The Morgan fingerprint density at radius 2 is 2.14 bits per heavy atom. The molecule has 21 heavy (non-hydrogen) atoms. The maximum atomic E-state index is 5.95. The van der Waals surface area contributed by atoms with E-state index in [1.807, 2.05) is 23.9 Å². The molecule has 1 N–H and O–H groups in total. The number of nitrogens with one attached hydrogen (secondary N) is 1. The number of rotatable bonds is 2. The molecule has 2 heterocycles. The van der Waals surface area contributed by atoms with Crippen molar-refractivity contribution in [2.24, 2.45) is 10.4 Å². The lowest BCUT2D eigenvalue weighted by Crippen LogP contribution is -2.46. The van der Waals surface area contributed by atoms with E-state index >= 15 is 0 Å². The SMILES string of the molecule is CC(C)(C)C1CCSC(=NCC2Cc3ccccc3O2)N1. The Bertz CT molecular complexity index is 511. The second kappa shape index (κ2) is 5.91. The summed E-state index contributed by atoms with van der Waals surface area (Å²) in [6.45, 7) is 7.60. The van der Waals surface area contributed by atoms with Crippen molar-refractivity contribution in [2.45, 2.75) is 45.8 Å². The first-order valence-corrected chi connectivity index (χ1v) is 8.69. The molecule has 0 radical (unpaired) electrons. The van der Waals surface area contributed by atoms with E-state index in [0.29, 0.717) is 6.04 Å². The molecule has 2 atom stereocenters. The maximum absolute atomic E-state index is 5.95. The van der Waals surface area contributed by atoms with Crippen LogP contribution in [-0.2, 0) is 6.42 Å². The fraction of sp³-hybridized carbons (Fsp3) is 0.588. The Morgan fingerprint density at radius 1 is 1.33 bits per heavy atom. The summed E-state index contributed by atoms with van der Waals surface area (Å²) in [5, 5.41) is 4.68. The number of hydrogen-bond acceptors (Lipinski definition) is 3. The molecule has 1 aromatic rings. The summed E-state index contributed by atoms with van der Waals surface area (Å²) in [7, 11) is 0. The van der Waals surface area contributed by atoms with Crippen molar-refractivity contribution in [2.75, 3.05) is 12.3 Å². The monoisotopic (exact) mass is 304 g/mol. The van der Waals surface area contributed by atoms with Crippen molar-refractivity contribution in [1.82, 2.24) is 5.32 Å². The molecule has 3 nitrogen and oxygen atoms in total. The van der Waals surface area contributed by atoms with Crippen LogP contribution >= 0.6 is 11.8 Å². The summed E-state index contributed by atoms with van der Waals surface area (Å²) >= 11 is 1.83. The van der Waals surface area contributed by atoms with E-state index in [9.17, 15) is 0 Å². The van der Waals surface area contributed by atoms with Gasteiger partial charge in [0.2, 0.25) is 0 Å². The van der Waals surface area contributed by atoms with Gasteiger partial charge in [0, 0.05) is 18.2 Å². The highest BCUT2D eigenvalue weighted by Crippen LogP contribution is 2.29. The van der Waals surface area contributed by atoms with Gasteiger partial charge in [-0.15, -0.1) is 0 Å². The van der Waals surface area contributed by atoms with Crippen molar-refractivity contribution in [3.05, 3.63) is 29.8 Å². The summed E-state index contributed by atoms with van der Waals surface area (Å²) in [6.07, 6.45) is 2.37. The second-order valence-electron chi connectivity index (χ2n) is 6.90. The van der Waals surface area contributed by atoms with Crippen LogP contribution in [-0.4, -0.2) is 29.6 Å². The molecule has 0 saturated carbocycles. The summed E-state index contributed by atoms with van der Waals surface area (Å²) < 4.78 is 5.95. The maximum Gasteiger partial charge on any atom is 0.156 e. The number of hydrogen-bond donors (Lipinski definition) is 1. The van der Waals surface area contributed by atoms with Gasteiger partial charge in [0.05, 0.1) is 6.54 Å². The van der Waals surface area contributed by atoms with Crippen LogP contribution in [0.4, 0.5) is 0 Å². The highest BCUT2D eigenvalue weighted by atomic mass is 32.2. The molecule has 0 bridgehead atoms. The molecular weight excluding hydrogens is 280 g/mol. The third-order valence-corrected chi connectivity index (χ3v) is 5.10. The van der Waals surface area contributed by atoms with Gasteiger partial charge in [0.15, 0.2) is 5.17 Å². The highest BCUT2D eigenvalue weighted by molar-refractivity contribution is 8.13. The fourth-order valence-electron chi connectivity index (χ4n) is 2.82. The molecule has 1 fully saturated rings. The smallest absolute Gasteiger partial charge is 0.156 e. The molecule has 4 heteroatoms. The molecule has 1 aromatic carbocycles. The van der Waals surface area contributed by atoms with Gasteiger partial charge in [-0.05, 0) is 23.5 Å². The topological polar surface area (TPSA) is 33.6 Å². The lowest BCUT2D eigenvalue weighted by molar-refractivity contribution is 0.241. The lowest BCUT2D eigenvalue weighted by atomic mass is 9.85. The molecule has 114 valence electrons. The van der Waals surface area contributed by atoms with Crippen LogP contribution in [0.5, 0.6) is 5.75 Å². The van der Waals surface area contributed by atoms with Gasteiger partial charge in [0.1, 0.15) is 11.9 Å². The Balaban J connectivity index is 1.58. The average molecular weight is 304 g/mol. The first-order chi connectivity index (χ1) is 10.0. The van der Waals surface area contributed by atoms with Crippen LogP contribution < -0.4 is 10.1 Å². The predicted molar refractivity (Wildman–Crippen MR) is 90.3 cm³/mol. The molecule has 0 aromatic heterocycles. The van der Waals surface area contributed by atoms with Gasteiger partial charge in [-0.2, -0.15) is 0 Å². The summed E-state index contributed by atoms with van der Waals surface area (Å²) in [6, 6.07) is 8.80. The Labute approximate surface area is 131 Å². The average Bonchev–Trinajstić information content (AvgIpc) is 2.87. The lowest BCUT2D eigenvalue weighted by Gasteiger charge is -2.35. The van der Waals surface area contributed by atoms with Crippen molar-refractivity contribution >= 4 is 16.9 Å². The Morgan fingerprint density at radius 3 is 2.90 bits per heavy atom. The number of amidine groups is 1. The van der Waals surface area contributed by atoms with Crippen LogP contribution in [0.25, 0.3) is 0 Å². The molecule has 0 aliphatic carbocycles. The van der Waals surface area contributed by atoms with Gasteiger partial charge < -0.3 is 10.1 Å². The van der Waals surface area contributed by atoms with Crippen molar-refractivity contribution < 1.29 is 4.74 Å². The Kier molecular flexibility index (Phi) is 4.16. The minimum Gasteiger partial charge on any atom is -0.488 e. The van der Waals surface area contributed by atoms with E-state index in [4.69, 9.17) is 9.73 Å². The van der Waals surface area contributed by atoms with Crippen LogP contribution in [0.15, 0.2) is 29.3 Å². The Hall–Kier alpha value is -1.16. The van der Waals surface area contributed by atoms with Crippen LogP contribution in [0.2, 0.25) is 0 Å². The first kappa shape index (κ1) is 14.8. The largest absolute Gasteiger partial charge is 0.488 e. The predicted octanol–water partition coefficient (Wildman–Crippen LogP) is 3.49. The molecule has 0 spiro atoms. The van der Waals surface area contributed by atoms with Crippen LogP contribution in [0.3, 0.4) is 0 Å². The minimum atomic E-state index is 0.187. The summed E-state index contributed by atoms with van der Waals surface area (Å²) in [5.74, 6) is 2.18. The molecule has 3 rings (SSSR count). The van der Waals surface area contributed by atoms with E-state index in [2.05, 4.69) is 38.2 Å². The number of nitrogens with zero attached hydrogens (tertiary/aromatic N) is 1. The van der Waals surface area contributed by atoms with Gasteiger partial charge >= 0.3 is 0 Å². The number of para-hydroxylation sites is 1. The first-order valence-electron chi connectivity index (χ1n) is 7.71. The second-order valence-corrected chi connectivity index (χ2v) is 7.98. The molecule has 2 aliphatic heterocycles. The molecular formula is C17H24N2OS. The van der Waals surface area contributed by atoms with Gasteiger partial charge in [-0.1, -0.05) is 50.7 Å². The third kappa shape index (κ3) is 3.54. The zero-order valence-electron chi connectivity index (χ0n) is 13.1. The zero-order valence-corrected chi connectivity index (χ0v) is 13.9. The van der Waals surface area contributed by atoms with E-state index in [1.165, 1.54) is 12.0 Å². The molecule has 2 unspecified atom stereocenters. The van der Waals surface area contributed by atoms with Gasteiger partial charge in [-0.25, -0.2) is 0 Å². The quantitative estimate of drug-likeness (QED) is 0.908. The summed E-state index contributed by atoms with van der Waals surface area (Å²) in [5.41, 5.74) is 1.58. The van der Waals surface area contributed by atoms with Gasteiger partial charge in [-0.3, -0.25) is 4.99 Å². The number of aliphatic imine (C=N–C) groups is 1. The van der Waals surface area contributed by atoms with Crippen LogP contribution in [0.1, 0.15) is 32.8 Å². The van der Waals surface area contributed by atoms with E-state index < -0.39 is 0 Å². The zero-order chi connectivity index (χ0) is 14.9. The van der Waals surface area contributed by atoms with E-state index in [0.717, 1.165) is 29.6 Å². The van der Waals surface area contributed by atoms with E-state index in [1.54, 1.807) is 0 Å². The van der Waals surface area contributed by atoms with Crippen molar-refractivity contribution in [3.63, 3.8) is 0 Å². The van der Waals surface area contributed by atoms with Crippen molar-refractivity contribution in [3.8, 4) is 5.75 Å². The molecule has 0 amide bonds. The normalized spacial score (nSPS) is 27.1. The number of ether oxygens (including phenoxy) is 1. The number of thioether (sulfide) groups is 1. The standard InChI is InChI=1S/C17H24N2OS/c1-17(2,3)15-8-9-21-16(19-15)18-11-13-10-12-6-4-5-7-14(12)20-13/h4-7,13,15H,8-11H2,1-3H3,(H,18,19). The van der Waals surface area contributed by atoms with E-state index in [-0.39, 0.29) is 11.5 Å². The number of fused-ring (bicyclic) bond motifs is 1. The number of benzene rings is 1. The third-order valence-electron chi connectivity index (χ3n) is 4.14. The van der Waals surface area contributed by atoms with Crippen LogP contribution in [0, 0.1) is 5.41 Å². The van der Waals surface area contributed by atoms with Crippen molar-refractivity contribution in [1.29, 1.82) is 0 Å². The minimum absolute atomic E-state index is 0.187. The molecule has 1 saturated heterocycles. The van der Waals surface area contributed by atoms with Gasteiger partial charge in [0.25, 0.3) is 0 Å². The summed E-state index contributed by atoms with van der Waals surface area (Å²) in [4.78, 5) is 4.76. The molecule has 2 aliphatic rings. The highest BCUT2D eigenvalue weighted by Gasteiger charge is 2.29. The fourth-order valence-corrected chi connectivity index (χ4v) is 3.76.